The summed E-state index contributed by atoms with van der Waals surface area (Å²) in [5.74, 6) is 0. The summed E-state index contributed by atoms with van der Waals surface area (Å²) in [6.45, 7) is 2.00. The lowest BCUT2D eigenvalue weighted by Crippen LogP contribution is -2.03. The molecule has 1 fully saturated rings. The molecule has 1 aliphatic rings. The maximum Gasteiger partial charge on any atom is 0.0466 e. The van der Waals surface area contributed by atoms with Crippen LogP contribution in [0.4, 0.5) is 0 Å². The van der Waals surface area contributed by atoms with Crippen LogP contribution in [0.15, 0.2) is 0 Å². The van der Waals surface area contributed by atoms with Gasteiger partial charge in [0.15, 0.2) is 0 Å². The van der Waals surface area contributed by atoms with E-state index in [1.165, 1.54) is 19.3 Å². The van der Waals surface area contributed by atoms with Crippen LogP contribution >= 0.6 is 0 Å². The summed E-state index contributed by atoms with van der Waals surface area (Å²) >= 11 is 0. The third-order valence-electron chi connectivity index (χ3n) is 1.08. The van der Waals surface area contributed by atoms with Gasteiger partial charge in [-0.2, -0.15) is 0 Å². The van der Waals surface area contributed by atoms with Crippen LogP contribution in [0.25, 0.3) is 0 Å². The molecule has 1 heterocycles. The molecule has 0 aromatic carbocycles. The summed E-state index contributed by atoms with van der Waals surface area (Å²) in [5, 5.41) is 0. The largest absolute Gasteiger partial charge is 0.381 e. The molecular weight excluding hydrogens is 112 g/mol. The number of ether oxygens (including phenoxy) is 1. The Kier molecular flexibility index (Phi) is 19.3. The lowest BCUT2D eigenvalue weighted by molar-refractivity contribution is 0.0968. The van der Waals surface area contributed by atoms with Crippen molar-refractivity contribution in [3.63, 3.8) is 0 Å². The van der Waals surface area contributed by atoms with Crippen LogP contribution < -0.4 is 0 Å². The zero-order chi connectivity index (χ0) is 4.24. The molecule has 0 saturated carbocycles. The van der Waals surface area contributed by atoms with Crippen molar-refractivity contribution >= 4 is 0 Å². The molecule has 0 aromatic heterocycles. The monoisotopic (exact) mass is 134 g/mol. The van der Waals surface area contributed by atoms with Crippen molar-refractivity contribution in [2.24, 2.45) is 0 Å². The van der Waals surface area contributed by atoms with Gasteiger partial charge >= 0.3 is 0 Å². The predicted octanol–water partition coefficient (Wildman–Crippen LogP) is 3.10. The Labute approximate surface area is 60.4 Å². The van der Waals surface area contributed by atoms with Crippen LogP contribution in [0.5, 0.6) is 0 Å². The zero-order valence-corrected chi connectivity index (χ0v) is 3.94. The summed E-state index contributed by atoms with van der Waals surface area (Å²) in [5.41, 5.74) is 0. The molecule has 1 aliphatic heterocycles. The van der Waals surface area contributed by atoms with Crippen molar-refractivity contribution in [1.82, 2.24) is 0 Å². The lowest BCUT2D eigenvalue weighted by Gasteiger charge is -2.08. The van der Waals surface area contributed by atoms with Crippen molar-refractivity contribution in [3.8, 4) is 0 Å². The molecule has 0 N–H and O–H groups in total. The van der Waals surface area contributed by atoms with E-state index in [-0.39, 0.29) is 22.3 Å². The van der Waals surface area contributed by atoms with Gasteiger partial charge in [-0.15, -0.1) is 0 Å². The normalized spacial score (nSPS) is 16.0. The van der Waals surface area contributed by atoms with Gasteiger partial charge in [-0.3, -0.25) is 0 Å². The Balaban J connectivity index is -0.000000120. The van der Waals surface area contributed by atoms with Gasteiger partial charge in [0.25, 0.3) is 0 Å². The molecule has 0 spiro atoms. The Hall–Kier alpha value is -0.0400. The number of hydrogen-bond acceptors (Lipinski definition) is 1. The molecule has 0 amide bonds. The number of rotatable bonds is 0. The van der Waals surface area contributed by atoms with Gasteiger partial charge in [-0.05, 0) is 19.3 Å². The molecule has 0 radical (unpaired) electrons. The standard InChI is InChI=1S/C5H10O.3CH4/c1-2-4-6-5-3-1;;;/h1-5H2;3*1H4. The molecule has 0 unspecified atom stereocenters. The zero-order valence-electron chi connectivity index (χ0n) is 3.94. The molecule has 1 saturated heterocycles. The van der Waals surface area contributed by atoms with E-state index in [9.17, 15) is 0 Å². The third-order valence-corrected chi connectivity index (χ3v) is 1.08. The Morgan fingerprint density at radius 1 is 0.667 bits per heavy atom. The van der Waals surface area contributed by atoms with Crippen LogP contribution in [0.1, 0.15) is 41.5 Å². The highest BCUT2D eigenvalue weighted by Crippen LogP contribution is 2.01. The van der Waals surface area contributed by atoms with E-state index in [4.69, 9.17) is 4.74 Å². The predicted molar refractivity (Wildman–Crippen MR) is 44.9 cm³/mol. The van der Waals surface area contributed by atoms with Crippen LogP contribution in [0, 0.1) is 0 Å². The first kappa shape index (κ1) is 16.0. The molecule has 0 aliphatic carbocycles. The Morgan fingerprint density at radius 2 is 1.11 bits per heavy atom. The van der Waals surface area contributed by atoms with E-state index in [0.717, 1.165) is 13.2 Å². The summed E-state index contributed by atoms with van der Waals surface area (Å²) in [7, 11) is 0. The molecule has 0 aromatic rings. The molecule has 1 nitrogen and oxygen atoms in total. The van der Waals surface area contributed by atoms with E-state index in [2.05, 4.69) is 0 Å². The van der Waals surface area contributed by atoms with E-state index < -0.39 is 0 Å². The maximum atomic E-state index is 5.07. The van der Waals surface area contributed by atoms with Gasteiger partial charge < -0.3 is 4.74 Å². The molecule has 0 bridgehead atoms. The summed E-state index contributed by atoms with van der Waals surface area (Å²) < 4.78 is 5.07. The second kappa shape index (κ2) is 10.9. The second-order valence-corrected chi connectivity index (χ2v) is 1.67. The summed E-state index contributed by atoms with van der Waals surface area (Å²) in [6.07, 6.45) is 3.93. The van der Waals surface area contributed by atoms with E-state index in [1.54, 1.807) is 0 Å². The Morgan fingerprint density at radius 3 is 1.22 bits per heavy atom. The first-order valence-electron chi connectivity index (χ1n) is 2.58. The highest BCUT2D eigenvalue weighted by Gasteiger charge is 1.94. The average molecular weight is 134 g/mol. The fourth-order valence-electron chi connectivity index (χ4n) is 0.687. The van der Waals surface area contributed by atoms with Crippen molar-refractivity contribution in [3.05, 3.63) is 0 Å². The fraction of sp³-hybridized carbons (Fsp3) is 1.00. The van der Waals surface area contributed by atoms with Crippen molar-refractivity contribution in [2.45, 2.75) is 41.5 Å². The van der Waals surface area contributed by atoms with Crippen LogP contribution in [0.2, 0.25) is 0 Å². The third kappa shape index (κ3) is 7.96. The lowest BCUT2D eigenvalue weighted by atomic mass is 10.2. The minimum absolute atomic E-state index is 0. The number of hydrogen-bond donors (Lipinski definition) is 0. The van der Waals surface area contributed by atoms with Gasteiger partial charge in [-0.25, -0.2) is 0 Å². The SMILES string of the molecule is C.C.C.C1CCOCC1. The van der Waals surface area contributed by atoms with Crippen LogP contribution in [-0.2, 0) is 4.74 Å². The average Bonchev–Trinajstić information content (AvgIpc) is 1.72. The second-order valence-electron chi connectivity index (χ2n) is 1.67. The van der Waals surface area contributed by atoms with Crippen LogP contribution in [0.3, 0.4) is 0 Å². The summed E-state index contributed by atoms with van der Waals surface area (Å²) in [6, 6.07) is 0. The van der Waals surface area contributed by atoms with Crippen molar-refractivity contribution < 1.29 is 4.74 Å². The molecule has 0 atom stereocenters. The quantitative estimate of drug-likeness (QED) is 0.494. The van der Waals surface area contributed by atoms with E-state index >= 15 is 0 Å². The Bertz CT molecular complexity index is 20.0. The smallest absolute Gasteiger partial charge is 0.0466 e. The van der Waals surface area contributed by atoms with Gasteiger partial charge in [-0.1, -0.05) is 22.3 Å². The first-order valence-corrected chi connectivity index (χ1v) is 2.58. The van der Waals surface area contributed by atoms with Crippen LogP contribution in [-0.4, -0.2) is 13.2 Å². The minimum atomic E-state index is 0. The van der Waals surface area contributed by atoms with Gasteiger partial charge in [0.2, 0.25) is 0 Å². The van der Waals surface area contributed by atoms with Gasteiger partial charge in [0.1, 0.15) is 0 Å². The summed E-state index contributed by atoms with van der Waals surface area (Å²) in [4.78, 5) is 0. The maximum absolute atomic E-state index is 5.07. The molecule has 1 rings (SSSR count). The van der Waals surface area contributed by atoms with Gasteiger partial charge in [0, 0.05) is 13.2 Å². The van der Waals surface area contributed by atoms with Crippen molar-refractivity contribution in [1.29, 1.82) is 0 Å². The topological polar surface area (TPSA) is 9.23 Å². The van der Waals surface area contributed by atoms with E-state index in [0.29, 0.717) is 0 Å². The van der Waals surface area contributed by atoms with Crippen molar-refractivity contribution in [2.75, 3.05) is 13.2 Å². The highest BCUT2D eigenvalue weighted by molar-refractivity contribution is 4.45. The fourth-order valence-corrected chi connectivity index (χ4v) is 0.687. The molecule has 1 heteroatoms. The first-order chi connectivity index (χ1) is 3.00. The van der Waals surface area contributed by atoms with Gasteiger partial charge in [0.05, 0.1) is 0 Å². The molecule has 9 heavy (non-hydrogen) atoms. The molecular formula is C8H22O. The minimum Gasteiger partial charge on any atom is -0.381 e. The molecule has 60 valence electrons. The van der Waals surface area contributed by atoms with E-state index in [1.807, 2.05) is 0 Å². The highest BCUT2D eigenvalue weighted by atomic mass is 16.5.